The van der Waals surface area contributed by atoms with Crippen LogP contribution in [0.3, 0.4) is 0 Å². The normalized spacial score (nSPS) is 24.4. The number of nitriles is 1. The minimum absolute atomic E-state index is 0.562. The van der Waals surface area contributed by atoms with Gasteiger partial charge in [-0.05, 0) is 36.5 Å². The van der Waals surface area contributed by atoms with Crippen molar-refractivity contribution >= 4 is 11.4 Å². The number of benzene rings is 1. The molecule has 0 amide bonds. The molecular weight excluding hydrogens is 210 g/mol. The molecule has 1 aromatic rings. The molecule has 0 spiro atoms. The average molecular weight is 229 g/mol. The summed E-state index contributed by atoms with van der Waals surface area (Å²) < 4.78 is 0. The number of nitrogen functional groups attached to an aromatic ring is 1. The van der Waals surface area contributed by atoms with Gasteiger partial charge in [0.15, 0.2) is 0 Å². The summed E-state index contributed by atoms with van der Waals surface area (Å²) in [5.41, 5.74) is 8.14. The maximum atomic E-state index is 8.86. The summed E-state index contributed by atoms with van der Waals surface area (Å²) in [4.78, 5) is 2.37. The summed E-state index contributed by atoms with van der Waals surface area (Å²) in [5.74, 6) is 1.44. The molecule has 90 valence electrons. The van der Waals surface area contributed by atoms with Crippen LogP contribution in [0.25, 0.3) is 0 Å². The third-order valence-electron chi connectivity index (χ3n) is 3.39. The Balaban J connectivity index is 2.22. The molecule has 0 aromatic heterocycles. The molecule has 3 nitrogen and oxygen atoms in total. The molecular formula is C14H19N3. The highest BCUT2D eigenvalue weighted by Crippen LogP contribution is 2.28. The number of nitrogens with zero attached hydrogens (tertiary/aromatic N) is 2. The Hall–Kier alpha value is -1.69. The first-order valence-corrected chi connectivity index (χ1v) is 6.14. The molecule has 1 aromatic carbocycles. The molecule has 2 unspecified atom stereocenters. The van der Waals surface area contributed by atoms with E-state index < -0.39 is 0 Å². The van der Waals surface area contributed by atoms with Gasteiger partial charge in [-0.2, -0.15) is 5.26 Å². The Labute approximate surface area is 103 Å². The monoisotopic (exact) mass is 229 g/mol. The smallest absolute Gasteiger partial charge is 0.101 e. The van der Waals surface area contributed by atoms with E-state index in [0.29, 0.717) is 11.3 Å². The van der Waals surface area contributed by atoms with Crippen LogP contribution in [-0.4, -0.2) is 13.1 Å². The van der Waals surface area contributed by atoms with E-state index in [0.717, 1.165) is 30.6 Å². The van der Waals surface area contributed by atoms with E-state index in [2.05, 4.69) is 24.8 Å². The quantitative estimate of drug-likeness (QED) is 0.753. The highest BCUT2D eigenvalue weighted by atomic mass is 15.1. The minimum atomic E-state index is 0.562. The number of nitrogens with two attached hydrogens (primary N) is 1. The Bertz CT molecular complexity index is 437. The molecule has 0 radical (unpaired) electrons. The Kier molecular flexibility index (Phi) is 3.23. The van der Waals surface area contributed by atoms with Crippen LogP contribution in [0, 0.1) is 23.2 Å². The van der Waals surface area contributed by atoms with Crippen molar-refractivity contribution in [1.82, 2.24) is 0 Å². The lowest BCUT2D eigenvalue weighted by molar-refractivity contribution is 0.357. The number of rotatable bonds is 1. The maximum Gasteiger partial charge on any atom is 0.101 e. The summed E-state index contributed by atoms with van der Waals surface area (Å²) >= 11 is 0. The largest absolute Gasteiger partial charge is 0.398 e. The van der Waals surface area contributed by atoms with Gasteiger partial charge in [0.25, 0.3) is 0 Å². The molecule has 2 rings (SSSR count). The fourth-order valence-electron chi connectivity index (χ4n) is 2.72. The summed E-state index contributed by atoms with van der Waals surface area (Å²) in [6, 6.07) is 7.83. The molecule has 17 heavy (non-hydrogen) atoms. The summed E-state index contributed by atoms with van der Waals surface area (Å²) in [7, 11) is 0. The van der Waals surface area contributed by atoms with Crippen molar-refractivity contribution in [1.29, 1.82) is 5.26 Å². The van der Waals surface area contributed by atoms with E-state index in [1.807, 2.05) is 18.2 Å². The molecule has 1 aliphatic heterocycles. The number of anilines is 2. The van der Waals surface area contributed by atoms with Crippen LogP contribution in [0.2, 0.25) is 0 Å². The van der Waals surface area contributed by atoms with E-state index in [1.54, 1.807) is 0 Å². The molecule has 1 saturated heterocycles. The summed E-state index contributed by atoms with van der Waals surface area (Å²) in [6.07, 6.45) is 1.29. The predicted molar refractivity (Wildman–Crippen MR) is 70.7 cm³/mol. The highest BCUT2D eigenvalue weighted by Gasteiger charge is 2.22. The van der Waals surface area contributed by atoms with Crippen LogP contribution < -0.4 is 10.6 Å². The second-order valence-corrected chi connectivity index (χ2v) is 5.23. The van der Waals surface area contributed by atoms with Gasteiger partial charge in [0.2, 0.25) is 0 Å². The standard InChI is InChI=1S/C14H19N3/c1-10-5-11(2)9-17(8-10)13-4-3-12(7-15)14(16)6-13/h3-4,6,10-11H,5,8-9,16H2,1-2H3. The molecule has 1 fully saturated rings. The topological polar surface area (TPSA) is 53.0 Å². The molecule has 1 heterocycles. The number of hydrogen-bond donors (Lipinski definition) is 1. The van der Waals surface area contributed by atoms with Crippen LogP contribution in [0.4, 0.5) is 11.4 Å². The van der Waals surface area contributed by atoms with Crippen LogP contribution in [0.1, 0.15) is 25.8 Å². The Morgan fingerprint density at radius 2 is 1.94 bits per heavy atom. The van der Waals surface area contributed by atoms with Crippen molar-refractivity contribution in [3.05, 3.63) is 23.8 Å². The van der Waals surface area contributed by atoms with E-state index >= 15 is 0 Å². The Morgan fingerprint density at radius 1 is 1.29 bits per heavy atom. The second-order valence-electron chi connectivity index (χ2n) is 5.23. The van der Waals surface area contributed by atoms with Crippen LogP contribution in [0.5, 0.6) is 0 Å². The van der Waals surface area contributed by atoms with Crippen molar-refractivity contribution in [2.45, 2.75) is 20.3 Å². The van der Waals surface area contributed by atoms with E-state index in [4.69, 9.17) is 11.0 Å². The zero-order valence-electron chi connectivity index (χ0n) is 10.5. The minimum Gasteiger partial charge on any atom is -0.398 e. The zero-order valence-corrected chi connectivity index (χ0v) is 10.5. The average Bonchev–Trinajstić information content (AvgIpc) is 2.27. The lowest BCUT2D eigenvalue weighted by Crippen LogP contribution is -2.38. The van der Waals surface area contributed by atoms with Gasteiger partial charge in [0, 0.05) is 18.8 Å². The lowest BCUT2D eigenvalue weighted by Gasteiger charge is -2.36. The van der Waals surface area contributed by atoms with Crippen molar-refractivity contribution in [2.75, 3.05) is 23.7 Å². The molecule has 0 bridgehead atoms. The zero-order chi connectivity index (χ0) is 12.4. The molecule has 2 N–H and O–H groups in total. The molecule has 1 aliphatic rings. The van der Waals surface area contributed by atoms with Gasteiger partial charge in [-0.25, -0.2) is 0 Å². The van der Waals surface area contributed by atoms with Gasteiger partial charge in [-0.3, -0.25) is 0 Å². The second kappa shape index (κ2) is 4.67. The molecule has 3 heteroatoms. The van der Waals surface area contributed by atoms with Gasteiger partial charge < -0.3 is 10.6 Å². The SMILES string of the molecule is CC1CC(C)CN(c2ccc(C#N)c(N)c2)C1. The number of hydrogen-bond acceptors (Lipinski definition) is 3. The van der Waals surface area contributed by atoms with Crippen LogP contribution in [0.15, 0.2) is 18.2 Å². The number of piperidine rings is 1. The van der Waals surface area contributed by atoms with Crippen molar-refractivity contribution in [3.8, 4) is 6.07 Å². The van der Waals surface area contributed by atoms with Gasteiger partial charge in [0.1, 0.15) is 6.07 Å². The van der Waals surface area contributed by atoms with Gasteiger partial charge in [0.05, 0.1) is 11.3 Å². The van der Waals surface area contributed by atoms with Gasteiger partial charge in [-0.15, -0.1) is 0 Å². The fourth-order valence-corrected chi connectivity index (χ4v) is 2.72. The highest BCUT2D eigenvalue weighted by molar-refractivity contribution is 5.63. The van der Waals surface area contributed by atoms with Crippen molar-refractivity contribution < 1.29 is 0 Å². The maximum absolute atomic E-state index is 8.86. The molecule has 0 aliphatic carbocycles. The summed E-state index contributed by atoms with van der Waals surface area (Å²) in [6.45, 7) is 6.73. The predicted octanol–water partition coefficient (Wildman–Crippen LogP) is 2.62. The van der Waals surface area contributed by atoms with Crippen molar-refractivity contribution in [2.24, 2.45) is 11.8 Å². The Morgan fingerprint density at radius 3 is 2.47 bits per heavy atom. The van der Waals surface area contributed by atoms with Gasteiger partial charge >= 0.3 is 0 Å². The first-order valence-electron chi connectivity index (χ1n) is 6.14. The molecule has 2 atom stereocenters. The van der Waals surface area contributed by atoms with Crippen LogP contribution >= 0.6 is 0 Å². The van der Waals surface area contributed by atoms with Crippen LogP contribution in [-0.2, 0) is 0 Å². The molecule has 0 saturated carbocycles. The van der Waals surface area contributed by atoms with Crippen molar-refractivity contribution in [3.63, 3.8) is 0 Å². The first-order chi connectivity index (χ1) is 8.10. The van der Waals surface area contributed by atoms with E-state index in [9.17, 15) is 0 Å². The van der Waals surface area contributed by atoms with E-state index in [1.165, 1.54) is 6.42 Å². The lowest BCUT2D eigenvalue weighted by atomic mass is 9.91. The fraction of sp³-hybridized carbons (Fsp3) is 0.500. The summed E-state index contributed by atoms with van der Waals surface area (Å²) in [5, 5.41) is 8.86. The van der Waals surface area contributed by atoms with E-state index in [-0.39, 0.29) is 0 Å². The first kappa shape index (κ1) is 11.8. The third-order valence-corrected chi connectivity index (χ3v) is 3.39. The third kappa shape index (κ3) is 2.52. The van der Waals surface area contributed by atoms with Gasteiger partial charge in [-0.1, -0.05) is 13.8 Å².